The van der Waals surface area contributed by atoms with Crippen molar-refractivity contribution in [3.63, 3.8) is 0 Å². The lowest BCUT2D eigenvalue weighted by Crippen LogP contribution is -2.32. The molecule has 1 aliphatic heterocycles. The van der Waals surface area contributed by atoms with Crippen molar-refractivity contribution >= 4 is 11.6 Å². The zero-order valence-corrected chi connectivity index (χ0v) is 17.9. The Morgan fingerprint density at radius 1 is 1.23 bits per heavy atom. The van der Waals surface area contributed by atoms with Crippen LogP contribution >= 0.6 is 0 Å². The van der Waals surface area contributed by atoms with Crippen LogP contribution in [0.4, 0.5) is 5.69 Å². The van der Waals surface area contributed by atoms with Gasteiger partial charge in [-0.2, -0.15) is 4.98 Å². The van der Waals surface area contributed by atoms with Gasteiger partial charge in [0, 0.05) is 37.9 Å². The standard InChI is InChI=1S/C21H31N5O4/c1-15(2)14-27-9-4-8-22-21(23-13-20-24-16(3)26-30-20)25-17-6-7-18-19(12-17)29-11-5-10-28-18/h6-7,12,15H,4-5,8-11,13-14H2,1-3H3,(H2,22,23,25). The van der Waals surface area contributed by atoms with E-state index >= 15 is 0 Å². The number of nitrogens with zero attached hydrogens (tertiary/aromatic N) is 3. The Labute approximate surface area is 177 Å². The van der Waals surface area contributed by atoms with Crippen molar-refractivity contribution in [2.24, 2.45) is 10.9 Å². The molecule has 9 heteroatoms. The van der Waals surface area contributed by atoms with Gasteiger partial charge >= 0.3 is 0 Å². The van der Waals surface area contributed by atoms with Gasteiger partial charge in [-0.05, 0) is 31.4 Å². The third kappa shape index (κ3) is 7.22. The van der Waals surface area contributed by atoms with Crippen molar-refractivity contribution in [1.82, 2.24) is 15.5 Å². The first-order valence-electron chi connectivity index (χ1n) is 10.4. The van der Waals surface area contributed by atoms with Gasteiger partial charge in [0.25, 0.3) is 0 Å². The Morgan fingerprint density at radius 2 is 2.07 bits per heavy atom. The van der Waals surface area contributed by atoms with Gasteiger partial charge in [-0.15, -0.1) is 0 Å². The van der Waals surface area contributed by atoms with Crippen LogP contribution in [0.1, 0.15) is 38.4 Å². The second kappa shape index (κ2) is 11.4. The van der Waals surface area contributed by atoms with Gasteiger partial charge in [0.05, 0.1) is 13.2 Å². The number of nitrogens with one attached hydrogen (secondary N) is 2. The highest BCUT2D eigenvalue weighted by Gasteiger charge is 2.12. The van der Waals surface area contributed by atoms with E-state index in [1.165, 1.54) is 0 Å². The van der Waals surface area contributed by atoms with Crippen molar-refractivity contribution in [3.8, 4) is 11.5 Å². The first kappa shape index (κ1) is 21.9. The predicted octanol–water partition coefficient (Wildman–Crippen LogP) is 3.16. The van der Waals surface area contributed by atoms with Crippen molar-refractivity contribution in [1.29, 1.82) is 0 Å². The molecule has 164 valence electrons. The molecule has 0 spiro atoms. The molecule has 0 aliphatic carbocycles. The van der Waals surface area contributed by atoms with E-state index in [-0.39, 0.29) is 6.54 Å². The fraction of sp³-hybridized carbons (Fsp3) is 0.571. The van der Waals surface area contributed by atoms with Crippen LogP contribution in [0.5, 0.6) is 11.5 Å². The SMILES string of the molecule is Cc1noc(CN=C(NCCCOCC(C)C)Nc2ccc3c(c2)OCCCO3)n1. The van der Waals surface area contributed by atoms with Gasteiger partial charge in [0.2, 0.25) is 5.89 Å². The maximum Gasteiger partial charge on any atom is 0.248 e. The number of rotatable bonds is 9. The van der Waals surface area contributed by atoms with Gasteiger partial charge in [-0.25, -0.2) is 4.99 Å². The Morgan fingerprint density at radius 3 is 2.83 bits per heavy atom. The molecular weight excluding hydrogens is 386 g/mol. The second-order valence-corrected chi connectivity index (χ2v) is 7.49. The molecule has 2 aromatic rings. The Bertz CT molecular complexity index is 821. The summed E-state index contributed by atoms with van der Waals surface area (Å²) < 4.78 is 22.3. The van der Waals surface area contributed by atoms with Crippen LogP contribution < -0.4 is 20.1 Å². The van der Waals surface area contributed by atoms with Crippen LogP contribution in [0.3, 0.4) is 0 Å². The minimum atomic E-state index is 0.282. The van der Waals surface area contributed by atoms with Gasteiger partial charge in [0.1, 0.15) is 6.54 Å². The zero-order chi connectivity index (χ0) is 21.2. The van der Waals surface area contributed by atoms with Crippen molar-refractivity contribution in [3.05, 3.63) is 29.9 Å². The van der Waals surface area contributed by atoms with E-state index < -0.39 is 0 Å². The van der Waals surface area contributed by atoms with E-state index in [1.807, 2.05) is 18.2 Å². The normalized spacial score (nSPS) is 13.9. The average molecular weight is 418 g/mol. The van der Waals surface area contributed by atoms with Crippen LogP contribution in [-0.2, 0) is 11.3 Å². The highest BCUT2D eigenvalue weighted by molar-refractivity contribution is 5.93. The van der Waals surface area contributed by atoms with Crippen LogP contribution in [0.2, 0.25) is 0 Å². The number of anilines is 1. The lowest BCUT2D eigenvalue weighted by molar-refractivity contribution is 0.108. The molecule has 0 radical (unpaired) electrons. The van der Waals surface area contributed by atoms with Crippen LogP contribution in [0, 0.1) is 12.8 Å². The topological polar surface area (TPSA) is 103 Å². The molecule has 2 heterocycles. The number of aliphatic imine (C=N–C) groups is 1. The van der Waals surface area contributed by atoms with E-state index in [0.29, 0.717) is 43.4 Å². The Balaban J connectivity index is 1.60. The summed E-state index contributed by atoms with van der Waals surface area (Å²) in [4.78, 5) is 8.76. The molecule has 0 saturated carbocycles. The molecule has 2 N–H and O–H groups in total. The quantitative estimate of drug-likeness (QED) is 0.364. The molecule has 0 bridgehead atoms. The molecule has 30 heavy (non-hydrogen) atoms. The average Bonchev–Trinajstić information content (AvgIpc) is 3.00. The third-order valence-corrected chi connectivity index (χ3v) is 4.16. The number of hydrogen-bond acceptors (Lipinski definition) is 7. The highest BCUT2D eigenvalue weighted by atomic mass is 16.5. The third-order valence-electron chi connectivity index (χ3n) is 4.16. The lowest BCUT2D eigenvalue weighted by Gasteiger charge is -2.14. The first-order valence-corrected chi connectivity index (χ1v) is 10.4. The molecule has 1 aliphatic rings. The molecular formula is C21H31N5O4. The summed E-state index contributed by atoms with van der Waals surface area (Å²) in [5.41, 5.74) is 0.850. The molecule has 0 amide bonds. The van der Waals surface area contributed by atoms with E-state index in [0.717, 1.165) is 43.2 Å². The second-order valence-electron chi connectivity index (χ2n) is 7.49. The van der Waals surface area contributed by atoms with E-state index in [1.54, 1.807) is 6.92 Å². The smallest absolute Gasteiger partial charge is 0.248 e. The highest BCUT2D eigenvalue weighted by Crippen LogP contribution is 2.32. The molecule has 0 saturated heterocycles. The molecule has 1 aromatic carbocycles. The van der Waals surface area contributed by atoms with Crippen LogP contribution in [0.25, 0.3) is 0 Å². The van der Waals surface area contributed by atoms with Gasteiger partial charge in [0.15, 0.2) is 23.3 Å². The number of hydrogen-bond donors (Lipinski definition) is 2. The number of aryl methyl sites for hydroxylation is 1. The summed E-state index contributed by atoms with van der Waals surface area (Å²) >= 11 is 0. The summed E-state index contributed by atoms with van der Waals surface area (Å²) in [6, 6.07) is 5.76. The Kier molecular flexibility index (Phi) is 8.31. The summed E-state index contributed by atoms with van der Waals surface area (Å²) in [5.74, 6) is 3.69. The Hall–Kier alpha value is -2.81. The van der Waals surface area contributed by atoms with Crippen molar-refractivity contribution < 1.29 is 18.7 Å². The first-order chi connectivity index (χ1) is 14.6. The monoisotopic (exact) mass is 417 g/mol. The number of benzene rings is 1. The van der Waals surface area contributed by atoms with Gasteiger partial charge in [-0.3, -0.25) is 0 Å². The summed E-state index contributed by atoms with van der Waals surface area (Å²) in [7, 11) is 0. The summed E-state index contributed by atoms with van der Waals surface area (Å²) in [6.07, 6.45) is 1.74. The van der Waals surface area contributed by atoms with Crippen LogP contribution in [-0.4, -0.2) is 49.1 Å². The van der Waals surface area contributed by atoms with Crippen LogP contribution in [0.15, 0.2) is 27.7 Å². The number of aromatic nitrogens is 2. The number of fused-ring (bicyclic) bond motifs is 1. The minimum Gasteiger partial charge on any atom is -0.490 e. The van der Waals surface area contributed by atoms with E-state index in [4.69, 9.17) is 18.7 Å². The maximum absolute atomic E-state index is 5.77. The molecule has 0 atom stereocenters. The predicted molar refractivity (Wildman–Crippen MR) is 114 cm³/mol. The fourth-order valence-electron chi connectivity index (χ4n) is 2.77. The van der Waals surface area contributed by atoms with Crippen molar-refractivity contribution in [2.75, 3.05) is 38.3 Å². The maximum atomic E-state index is 5.77. The molecule has 0 fully saturated rings. The van der Waals surface area contributed by atoms with Gasteiger partial charge in [-0.1, -0.05) is 19.0 Å². The fourth-order valence-corrected chi connectivity index (χ4v) is 2.77. The number of guanidine groups is 1. The summed E-state index contributed by atoms with van der Waals surface area (Å²) in [6.45, 7) is 9.84. The molecule has 0 unspecified atom stereocenters. The van der Waals surface area contributed by atoms with Gasteiger partial charge < -0.3 is 29.4 Å². The van der Waals surface area contributed by atoms with E-state index in [9.17, 15) is 0 Å². The molecule has 9 nitrogen and oxygen atoms in total. The molecule has 3 rings (SSSR count). The van der Waals surface area contributed by atoms with Crippen molar-refractivity contribution in [2.45, 2.75) is 40.2 Å². The minimum absolute atomic E-state index is 0.282. The zero-order valence-electron chi connectivity index (χ0n) is 17.9. The molecule has 1 aromatic heterocycles. The lowest BCUT2D eigenvalue weighted by atomic mass is 10.2. The van der Waals surface area contributed by atoms with E-state index in [2.05, 4.69) is 39.6 Å². The number of ether oxygens (including phenoxy) is 3. The summed E-state index contributed by atoms with van der Waals surface area (Å²) in [5, 5.41) is 10.4. The largest absolute Gasteiger partial charge is 0.490 e.